The quantitative estimate of drug-likeness (QED) is 0.761. The van der Waals surface area contributed by atoms with E-state index >= 15 is 0 Å². The Kier molecular flexibility index (Phi) is 3.30. The number of hydrogen-bond acceptors (Lipinski definition) is 3. The molecule has 0 radical (unpaired) electrons. The van der Waals surface area contributed by atoms with Crippen LogP contribution >= 0.6 is 0 Å². The van der Waals surface area contributed by atoms with Crippen LogP contribution in [0.3, 0.4) is 0 Å². The highest BCUT2D eigenvalue weighted by Crippen LogP contribution is 2.22. The van der Waals surface area contributed by atoms with Gasteiger partial charge in [0.2, 0.25) is 0 Å². The van der Waals surface area contributed by atoms with Gasteiger partial charge in [0.05, 0.1) is 12.7 Å². The Morgan fingerprint density at radius 3 is 2.85 bits per heavy atom. The van der Waals surface area contributed by atoms with Gasteiger partial charge in [-0.1, -0.05) is 18.2 Å². The summed E-state index contributed by atoms with van der Waals surface area (Å²) in [5, 5.41) is 8.65. The molecule has 1 aromatic rings. The molecule has 0 heterocycles. The molecule has 0 aromatic heterocycles. The van der Waals surface area contributed by atoms with Gasteiger partial charge in [0.1, 0.15) is 11.8 Å². The lowest BCUT2D eigenvalue weighted by atomic mass is 10.1. The normalized spacial score (nSPS) is 11.8. The van der Waals surface area contributed by atoms with Crippen molar-refractivity contribution in [2.45, 2.75) is 13.0 Å². The topological polar surface area (TPSA) is 59.0 Å². The lowest BCUT2D eigenvalue weighted by Gasteiger charge is -2.10. The highest BCUT2D eigenvalue weighted by Gasteiger charge is 2.09. The summed E-state index contributed by atoms with van der Waals surface area (Å²) < 4.78 is 5.33. The highest BCUT2D eigenvalue weighted by atomic mass is 16.5. The summed E-state index contributed by atoms with van der Waals surface area (Å²) >= 11 is 0. The monoisotopic (exact) mass is 176 g/mol. The molecule has 1 unspecified atom stereocenters. The number of ether oxygens (including phenoxy) is 1. The Bertz CT molecular complexity index is 317. The molecule has 3 heteroatoms. The average molecular weight is 176 g/mol. The van der Waals surface area contributed by atoms with Crippen LogP contribution in [-0.4, -0.2) is 6.61 Å². The lowest BCUT2D eigenvalue weighted by molar-refractivity contribution is 0.336. The van der Waals surface area contributed by atoms with Crippen molar-refractivity contribution in [3.63, 3.8) is 0 Å². The zero-order valence-corrected chi connectivity index (χ0v) is 7.53. The molecule has 0 saturated heterocycles. The third kappa shape index (κ3) is 2.20. The van der Waals surface area contributed by atoms with Gasteiger partial charge in [0.15, 0.2) is 0 Å². The second-order valence-corrected chi connectivity index (χ2v) is 2.58. The van der Waals surface area contributed by atoms with Gasteiger partial charge in [-0.05, 0) is 13.0 Å². The summed E-state index contributed by atoms with van der Waals surface area (Å²) in [6.45, 7) is 2.48. The van der Waals surface area contributed by atoms with Gasteiger partial charge < -0.3 is 10.5 Å². The zero-order valence-electron chi connectivity index (χ0n) is 7.53. The van der Waals surface area contributed by atoms with Gasteiger partial charge in [-0.2, -0.15) is 5.26 Å². The maximum Gasteiger partial charge on any atom is 0.125 e. The van der Waals surface area contributed by atoms with Crippen molar-refractivity contribution in [3.05, 3.63) is 29.8 Å². The second-order valence-electron chi connectivity index (χ2n) is 2.58. The summed E-state index contributed by atoms with van der Waals surface area (Å²) in [4.78, 5) is 0. The van der Waals surface area contributed by atoms with Crippen LogP contribution in [0.15, 0.2) is 24.3 Å². The molecule has 3 nitrogen and oxygen atoms in total. The lowest BCUT2D eigenvalue weighted by Crippen LogP contribution is -2.09. The van der Waals surface area contributed by atoms with Crippen LogP contribution in [0.1, 0.15) is 18.5 Å². The molecule has 0 aliphatic carbocycles. The van der Waals surface area contributed by atoms with Gasteiger partial charge in [0, 0.05) is 5.56 Å². The van der Waals surface area contributed by atoms with Crippen LogP contribution in [-0.2, 0) is 0 Å². The first kappa shape index (κ1) is 9.56. The summed E-state index contributed by atoms with van der Waals surface area (Å²) in [6, 6.07) is 8.69. The van der Waals surface area contributed by atoms with E-state index in [9.17, 15) is 0 Å². The SMILES string of the molecule is CCOc1ccccc1C(N)C#N. The average Bonchev–Trinajstić information content (AvgIpc) is 2.18. The Morgan fingerprint density at radius 1 is 1.54 bits per heavy atom. The fraction of sp³-hybridized carbons (Fsp3) is 0.300. The van der Waals surface area contributed by atoms with E-state index in [0.29, 0.717) is 12.4 Å². The first-order valence-electron chi connectivity index (χ1n) is 4.16. The minimum Gasteiger partial charge on any atom is -0.493 e. The molecule has 0 fully saturated rings. The minimum absolute atomic E-state index is 0.579. The Balaban J connectivity index is 2.98. The van der Waals surface area contributed by atoms with E-state index in [1.165, 1.54) is 0 Å². The van der Waals surface area contributed by atoms with Gasteiger partial charge in [-0.3, -0.25) is 0 Å². The van der Waals surface area contributed by atoms with Crippen molar-refractivity contribution >= 4 is 0 Å². The molecule has 1 atom stereocenters. The molecule has 0 amide bonds. The van der Waals surface area contributed by atoms with Crippen LogP contribution in [0.4, 0.5) is 0 Å². The minimum atomic E-state index is -0.609. The summed E-state index contributed by atoms with van der Waals surface area (Å²) in [5.41, 5.74) is 6.33. The Labute approximate surface area is 77.7 Å². The molecule has 0 bridgehead atoms. The maximum atomic E-state index is 8.65. The number of benzene rings is 1. The van der Waals surface area contributed by atoms with Crippen molar-refractivity contribution in [2.24, 2.45) is 5.73 Å². The van der Waals surface area contributed by atoms with E-state index in [0.717, 1.165) is 5.56 Å². The third-order valence-electron chi connectivity index (χ3n) is 1.69. The van der Waals surface area contributed by atoms with E-state index < -0.39 is 6.04 Å². The van der Waals surface area contributed by atoms with Crippen molar-refractivity contribution in [1.82, 2.24) is 0 Å². The van der Waals surface area contributed by atoms with E-state index in [-0.39, 0.29) is 0 Å². The van der Waals surface area contributed by atoms with Gasteiger partial charge in [0.25, 0.3) is 0 Å². The van der Waals surface area contributed by atoms with Crippen molar-refractivity contribution in [2.75, 3.05) is 6.61 Å². The number of hydrogen-bond donors (Lipinski definition) is 1. The van der Waals surface area contributed by atoms with Crippen LogP contribution in [0, 0.1) is 11.3 Å². The maximum absolute atomic E-state index is 8.65. The van der Waals surface area contributed by atoms with Crippen LogP contribution in [0.25, 0.3) is 0 Å². The van der Waals surface area contributed by atoms with Gasteiger partial charge >= 0.3 is 0 Å². The number of nitriles is 1. The fourth-order valence-electron chi connectivity index (χ4n) is 1.09. The molecule has 0 aliphatic heterocycles. The van der Waals surface area contributed by atoms with E-state index in [1.54, 1.807) is 6.07 Å². The van der Waals surface area contributed by atoms with Crippen molar-refractivity contribution in [1.29, 1.82) is 5.26 Å². The van der Waals surface area contributed by atoms with Gasteiger partial charge in [-0.25, -0.2) is 0 Å². The third-order valence-corrected chi connectivity index (χ3v) is 1.69. The summed E-state index contributed by atoms with van der Waals surface area (Å²) in [5.74, 6) is 0.694. The molecule has 0 spiro atoms. The number of nitrogens with two attached hydrogens (primary N) is 1. The molecule has 13 heavy (non-hydrogen) atoms. The summed E-state index contributed by atoms with van der Waals surface area (Å²) in [6.07, 6.45) is 0. The van der Waals surface area contributed by atoms with Crippen LogP contribution < -0.4 is 10.5 Å². The zero-order chi connectivity index (χ0) is 9.68. The van der Waals surface area contributed by atoms with Crippen molar-refractivity contribution in [3.8, 4) is 11.8 Å². The first-order valence-corrected chi connectivity index (χ1v) is 4.16. The molecule has 1 aromatic carbocycles. The number of para-hydroxylation sites is 1. The van der Waals surface area contributed by atoms with E-state index in [1.807, 2.05) is 31.2 Å². The molecule has 0 saturated carbocycles. The van der Waals surface area contributed by atoms with Crippen LogP contribution in [0.5, 0.6) is 5.75 Å². The van der Waals surface area contributed by atoms with E-state index in [4.69, 9.17) is 15.7 Å². The fourth-order valence-corrected chi connectivity index (χ4v) is 1.09. The predicted molar refractivity (Wildman–Crippen MR) is 50.2 cm³/mol. The molecule has 68 valence electrons. The highest BCUT2D eigenvalue weighted by molar-refractivity contribution is 5.38. The second kappa shape index (κ2) is 4.48. The number of rotatable bonds is 3. The predicted octanol–water partition coefficient (Wildman–Crippen LogP) is 1.61. The largest absolute Gasteiger partial charge is 0.493 e. The molecule has 1 rings (SSSR count). The molecular formula is C10H12N2O. The van der Waals surface area contributed by atoms with Crippen molar-refractivity contribution < 1.29 is 4.74 Å². The Hall–Kier alpha value is -1.53. The number of nitrogens with zero attached hydrogens (tertiary/aromatic N) is 1. The molecule has 2 N–H and O–H groups in total. The van der Waals surface area contributed by atoms with Gasteiger partial charge in [-0.15, -0.1) is 0 Å². The Morgan fingerprint density at radius 2 is 2.23 bits per heavy atom. The van der Waals surface area contributed by atoms with E-state index in [2.05, 4.69) is 0 Å². The standard InChI is InChI=1S/C10H12N2O/c1-2-13-10-6-4-3-5-8(10)9(12)7-11/h3-6,9H,2,12H2,1H3. The van der Waals surface area contributed by atoms with Crippen LogP contribution in [0.2, 0.25) is 0 Å². The summed E-state index contributed by atoms with van der Waals surface area (Å²) in [7, 11) is 0. The smallest absolute Gasteiger partial charge is 0.125 e. The molecule has 0 aliphatic rings. The molecular weight excluding hydrogens is 164 g/mol. The first-order chi connectivity index (χ1) is 6.29.